The van der Waals surface area contributed by atoms with E-state index in [4.69, 9.17) is 5.73 Å². The Hall–Kier alpha value is -2.76. The number of carbonyl (C=O) groups excluding carboxylic acids is 1. The van der Waals surface area contributed by atoms with Gasteiger partial charge in [-0.25, -0.2) is 14.1 Å². The molecule has 22 heavy (non-hydrogen) atoms. The summed E-state index contributed by atoms with van der Waals surface area (Å²) in [5.74, 6) is -0.956. The highest BCUT2D eigenvalue weighted by Crippen LogP contribution is 2.18. The molecule has 2 aromatic heterocycles. The van der Waals surface area contributed by atoms with Crippen molar-refractivity contribution in [2.24, 2.45) is 5.73 Å². The SMILES string of the molecule is CC.NC(=O)c1nn(Cc2ccccc2F)c2ncccc12. The number of halogens is 1. The lowest BCUT2D eigenvalue weighted by molar-refractivity contribution is 0.0996. The van der Waals surface area contributed by atoms with Crippen molar-refractivity contribution < 1.29 is 9.18 Å². The van der Waals surface area contributed by atoms with Crippen molar-refractivity contribution in [3.05, 3.63) is 59.7 Å². The van der Waals surface area contributed by atoms with Gasteiger partial charge in [0, 0.05) is 11.8 Å². The summed E-state index contributed by atoms with van der Waals surface area (Å²) in [5.41, 5.74) is 6.42. The number of pyridine rings is 1. The molecule has 0 aliphatic carbocycles. The molecule has 2 N–H and O–H groups in total. The number of amides is 1. The standard InChI is InChI=1S/C14H11FN4O.C2H6/c15-11-6-2-1-4-9(11)8-19-14-10(5-3-7-17-14)12(18-19)13(16)20;1-2/h1-7H,8H2,(H2,16,20);1-2H3. The molecule has 0 aliphatic rings. The number of nitrogens with two attached hydrogens (primary N) is 1. The Kier molecular flexibility index (Phi) is 4.83. The maximum Gasteiger partial charge on any atom is 0.269 e. The lowest BCUT2D eigenvalue weighted by atomic mass is 10.2. The van der Waals surface area contributed by atoms with Gasteiger partial charge in [-0.15, -0.1) is 0 Å². The third kappa shape index (κ3) is 2.95. The zero-order chi connectivity index (χ0) is 16.1. The van der Waals surface area contributed by atoms with Gasteiger partial charge in [-0.3, -0.25) is 4.79 Å². The van der Waals surface area contributed by atoms with Crippen LogP contribution in [0.5, 0.6) is 0 Å². The third-order valence-electron chi connectivity index (χ3n) is 3.02. The van der Waals surface area contributed by atoms with Crippen molar-refractivity contribution in [3.63, 3.8) is 0 Å². The lowest BCUT2D eigenvalue weighted by Gasteiger charge is -2.04. The van der Waals surface area contributed by atoms with Gasteiger partial charge >= 0.3 is 0 Å². The van der Waals surface area contributed by atoms with Gasteiger partial charge in [0.15, 0.2) is 11.3 Å². The minimum atomic E-state index is -0.629. The number of benzene rings is 1. The van der Waals surface area contributed by atoms with Crippen molar-refractivity contribution in [1.82, 2.24) is 14.8 Å². The van der Waals surface area contributed by atoms with E-state index in [-0.39, 0.29) is 18.1 Å². The molecule has 1 aromatic carbocycles. The van der Waals surface area contributed by atoms with E-state index in [0.717, 1.165) is 0 Å². The molecule has 1 amide bonds. The second kappa shape index (κ2) is 6.80. The van der Waals surface area contributed by atoms with Crippen molar-refractivity contribution in [3.8, 4) is 0 Å². The summed E-state index contributed by atoms with van der Waals surface area (Å²) in [6.07, 6.45) is 1.59. The fraction of sp³-hybridized carbons (Fsp3) is 0.188. The first kappa shape index (κ1) is 15.6. The van der Waals surface area contributed by atoms with Crippen LogP contribution in [0.4, 0.5) is 4.39 Å². The van der Waals surface area contributed by atoms with Crippen LogP contribution in [0.2, 0.25) is 0 Å². The molecular weight excluding hydrogens is 283 g/mol. The van der Waals surface area contributed by atoms with Crippen LogP contribution < -0.4 is 5.73 Å². The van der Waals surface area contributed by atoms with Crippen LogP contribution in [-0.4, -0.2) is 20.7 Å². The summed E-state index contributed by atoms with van der Waals surface area (Å²) in [4.78, 5) is 15.6. The summed E-state index contributed by atoms with van der Waals surface area (Å²) >= 11 is 0. The first-order chi connectivity index (χ1) is 10.7. The number of carbonyl (C=O) groups is 1. The first-order valence-corrected chi connectivity index (χ1v) is 7.01. The molecule has 3 rings (SSSR count). The Morgan fingerprint density at radius 1 is 1.23 bits per heavy atom. The van der Waals surface area contributed by atoms with E-state index in [1.54, 1.807) is 36.5 Å². The number of nitrogens with zero attached hydrogens (tertiary/aromatic N) is 3. The van der Waals surface area contributed by atoms with Crippen LogP contribution in [-0.2, 0) is 6.54 Å². The number of aromatic nitrogens is 3. The van der Waals surface area contributed by atoms with Crippen molar-refractivity contribution in [1.29, 1.82) is 0 Å². The molecule has 0 saturated carbocycles. The highest BCUT2D eigenvalue weighted by molar-refractivity contribution is 6.03. The van der Waals surface area contributed by atoms with Crippen LogP contribution >= 0.6 is 0 Å². The van der Waals surface area contributed by atoms with Gasteiger partial charge in [0.1, 0.15) is 5.82 Å². The fourth-order valence-corrected chi connectivity index (χ4v) is 2.09. The minimum absolute atomic E-state index is 0.143. The van der Waals surface area contributed by atoms with Crippen molar-refractivity contribution in [2.45, 2.75) is 20.4 Å². The Balaban J connectivity index is 0.000000847. The van der Waals surface area contributed by atoms with Gasteiger partial charge in [0.05, 0.1) is 11.9 Å². The smallest absolute Gasteiger partial charge is 0.269 e. The van der Waals surface area contributed by atoms with Crippen LogP contribution in [0, 0.1) is 5.82 Å². The Labute approximate surface area is 127 Å². The number of hydrogen-bond donors (Lipinski definition) is 1. The van der Waals surface area contributed by atoms with Gasteiger partial charge in [0.25, 0.3) is 5.91 Å². The molecule has 0 radical (unpaired) electrons. The highest BCUT2D eigenvalue weighted by Gasteiger charge is 2.16. The maximum absolute atomic E-state index is 13.7. The van der Waals surface area contributed by atoms with E-state index >= 15 is 0 Å². The van der Waals surface area contributed by atoms with Crippen molar-refractivity contribution >= 4 is 16.9 Å². The molecule has 114 valence electrons. The van der Waals surface area contributed by atoms with E-state index < -0.39 is 5.91 Å². The van der Waals surface area contributed by atoms with Crippen LogP contribution in [0.25, 0.3) is 11.0 Å². The molecule has 5 nitrogen and oxygen atoms in total. The maximum atomic E-state index is 13.7. The molecule has 0 bridgehead atoms. The summed E-state index contributed by atoms with van der Waals surface area (Å²) < 4.78 is 15.2. The van der Waals surface area contributed by atoms with Gasteiger partial charge in [-0.05, 0) is 18.2 Å². The minimum Gasteiger partial charge on any atom is -0.364 e. The van der Waals surface area contributed by atoms with Gasteiger partial charge in [0.2, 0.25) is 0 Å². The second-order valence-corrected chi connectivity index (χ2v) is 4.34. The molecule has 0 atom stereocenters. The molecule has 0 saturated heterocycles. The summed E-state index contributed by atoms with van der Waals surface area (Å²) in [6, 6.07) is 9.82. The molecule has 6 heteroatoms. The molecular formula is C16H17FN4O. The number of hydrogen-bond acceptors (Lipinski definition) is 3. The third-order valence-corrected chi connectivity index (χ3v) is 3.02. The van der Waals surface area contributed by atoms with Crippen LogP contribution in [0.15, 0.2) is 42.6 Å². The molecule has 2 heterocycles. The number of primary amides is 1. The Morgan fingerprint density at radius 2 is 1.95 bits per heavy atom. The first-order valence-electron chi connectivity index (χ1n) is 7.01. The van der Waals surface area contributed by atoms with Crippen LogP contribution in [0.1, 0.15) is 29.9 Å². The van der Waals surface area contributed by atoms with E-state index in [1.807, 2.05) is 13.8 Å². The average molecular weight is 300 g/mol. The van der Waals surface area contributed by atoms with E-state index in [2.05, 4.69) is 10.1 Å². The highest BCUT2D eigenvalue weighted by atomic mass is 19.1. The summed E-state index contributed by atoms with van der Waals surface area (Å²) in [7, 11) is 0. The molecule has 0 spiro atoms. The molecule has 0 unspecified atom stereocenters. The monoisotopic (exact) mass is 300 g/mol. The van der Waals surface area contributed by atoms with Gasteiger partial charge in [-0.2, -0.15) is 5.10 Å². The van der Waals surface area contributed by atoms with E-state index in [0.29, 0.717) is 16.6 Å². The van der Waals surface area contributed by atoms with E-state index in [9.17, 15) is 9.18 Å². The Morgan fingerprint density at radius 3 is 2.64 bits per heavy atom. The Bertz CT molecular complexity index is 798. The van der Waals surface area contributed by atoms with Gasteiger partial charge in [-0.1, -0.05) is 32.0 Å². The second-order valence-electron chi connectivity index (χ2n) is 4.34. The zero-order valence-corrected chi connectivity index (χ0v) is 12.5. The molecule has 0 fully saturated rings. The average Bonchev–Trinajstić information content (AvgIpc) is 2.91. The fourth-order valence-electron chi connectivity index (χ4n) is 2.09. The predicted octanol–water partition coefficient (Wildman–Crippen LogP) is 2.74. The predicted molar refractivity (Wildman–Crippen MR) is 82.9 cm³/mol. The summed E-state index contributed by atoms with van der Waals surface area (Å²) in [5, 5.41) is 4.70. The van der Waals surface area contributed by atoms with Crippen molar-refractivity contribution in [2.75, 3.05) is 0 Å². The quantitative estimate of drug-likeness (QED) is 0.808. The molecule has 0 aliphatic heterocycles. The lowest BCUT2D eigenvalue weighted by Crippen LogP contribution is -2.13. The van der Waals surface area contributed by atoms with Crippen LogP contribution in [0.3, 0.4) is 0 Å². The van der Waals surface area contributed by atoms with Gasteiger partial charge < -0.3 is 5.73 Å². The zero-order valence-electron chi connectivity index (χ0n) is 12.5. The van der Waals surface area contributed by atoms with E-state index in [1.165, 1.54) is 10.7 Å². The number of rotatable bonds is 3. The topological polar surface area (TPSA) is 73.8 Å². The number of fused-ring (bicyclic) bond motifs is 1. The summed E-state index contributed by atoms with van der Waals surface area (Å²) in [6.45, 7) is 4.19. The molecule has 3 aromatic rings. The largest absolute Gasteiger partial charge is 0.364 e. The normalized spacial score (nSPS) is 10.1.